The molecule has 1 aliphatic carbocycles. The topological polar surface area (TPSA) is 118 Å². The average molecular weight is 571 g/mol. The minimum atomic E-state index is -3.96. The molecule has 1 unspecified atom stereocenters. The summed E-state index contributed by atoms with van der Waals surface area (Å²) in [6.45, 7) is 2.71. The van der Waals surface area contributed by atoms with Gasteiger partial charge in [0.2, 0.25) is 12.4 Å². The van der Waals surface area contributed by atoms with Crippen molar-refractivity contribution in [1.29, 1.82) is 0 Å². The minimum Gasteiger partial charge on any atom is -0.354 e. The Hall–Kier alpha value is -4.29. The number of nitrogens with one attached hydrogen (secondary N) is 1. The van der Waals surface area contributed by atoms with E-state index in [2.05, 4.69) is 20.3 Å². The van der Waals surface area contributed by atoms with Crippen molar-refractivity contribution in [3.63, 3.8) is 0 Å². The number of anilines is 1. The number of pyridine rings is 1. The highest BCUT2D eigenvalue weighted by Crippen LogP contribution is 2.38. The van der Waals surface area contributed by atoms with Crippen molar-refractivity contribution in [2.24, 2.45) is 5.92 Å². The van der Waals surface area contributed by atoms with E-state index in [1.54, 1.807) is 52.1 Å². The van der Waals surface area contributed by atoms with E-state index in [9.17, 15) is 13.2 Å². The van der Waals surface area contributed by atoms with Crippen LogP contribution in [0.2, 0.25) is 0 Å². The molecule has 1 amide bonds. The second kappa shape index (κ2) is 9.96. The average Bonchev–Trinajstić information content (AvgIpc) is 3.61. The number of carbonyl (C=O) groups excluding carboxylic acids is 1. The van der Waals surface area contributed by atoms with Gasteiger partial charge in [0.15, 0.2) is 5.65 Å². The van der Waals surface area contributed by atoms with Gasteiger partial charge < -0.3 is 10.2 Å². The van der Waals surface area contributed by atoms with Gasteiger partial charge in [0.25, 0.3) is 10.0 Å². The van der Waals surface area contributed by atoms with Gasteiger partial charge in [-0.1, -0.05) is 24.3 Å². The van der Waals surface area contributed by atoms with Gasteiger partial charge in [0.05, 0.1) is 22.7 Å². The number of amides is 1. The SMILES string of the molecule is CN1CCN(C=O)CC1c1cnn2cccc(-c3cn(S(=O)(=O)c4ccccc4)c4nc(NCC5CC5)ncc34)c12. The van der Waals surface area contributed by atoms with E-state index < -0.39 is 10.0 Å². The fraction of sp³-hybridized carbons (Fsp3) is 0.310. The molecule has 2 fully saturated rings. The van der Waals surface area contributed by atoms with Gasteiger partial charge in [-0.3, -0.25) is 9.69 Å². The monoisotopic (exact) mass is 570 g/mol. The van der Waals surface area contributed by atoms with Crippen molar-refractivity contribution in [1.82, 2.24) is 33.4 Å². The molecule has 0 bridgehead atoms. The van der Waals surface area contributed by atoms with Gasteiger partial charge in [0, 0.05) is 66.8 Å². The van der Waals surface area contributed by atoms with Crippen molar-refractivity contribution < 1.29 is 13.2 Å². The molecule has 1 N–H and O–H groups in total. The molecule has 1 saturated carbocycles. The summed E-state index contributed by atoms with van der Waals surface area (Å²) in [4.78, 5) is 25.1. The summed E-state index contributed by atoms with van der Waals surface area (Å²) < 4.78 is 30.9. The Kier molecular flexibility index (Phi) is 6.24. The summed E-state index contributed by atoms with van der Waals surface area (Å²) in [5.41, 5.74) is 3.62. The van der Waals surface area contributed by atoms with Crippen LogP contribution < -0.4 is 5.32 Å². The van der Waals surface area contributed by atoms with Crippen LogP contribution in [0.25, 0.3) is 27.7 Å². The van der Waals surface area contributed by atoms with E-state index in [0.717, 1.165) is 36.1 Å². The fourth-order valence-electron chi connectivity index (χ4n) is 5.58. The first-order chi connectivity index (χ1) is 19.9. The molecule has 11 nitrogen and oxygen atoms in total. The molecule has 4 aromatic heterocycles. The lowest BCUT2D eigenvalue weighted by Crippen LogP contribution is -2.45. The maximum absolute atomic E-state index is 13.9. The molecule has 1 aliphatic heterocycles. The molecule has 2 aliphatic rings. The number of hydrogen-bond acceptors (Lipinski definition) is 8. The number of likely N-dealkylation sites (N-methyl/N-ethyl adjacent to an activating group) is 1. The molecule has 210 valence electrons. The molecule has 0 radical (unpaired) electrons. The molecule has 5 heterocycles. The predicted molar refractivity (Wildman–Crippen MR) is 155 cm³/mol. The smallest absolute Gasteiger partial charge is 0.269 e. The predicted octanol–water partition coefficient (Wildman–Crippen LogP) is 3.25. The lowest BCUT2D eigenvalue weighted by atomic mass is 9.99. The second-order valence-corrected chi connectivity index (χ2v) is 12.6. The number of rotatable bonds is 8. The number of hydrogen-bond donors (Lipinski definition) is 1. The van der Waals surface area contributed by atoms with Crippen molar-refractivity contribution in [2.45, 2.75) is 23.8 Å². The Balaban J connectivity index is 1.42. The summed E-state index contributed by atoms with van der Waals surface area (Å²) in [6.07, 6.45) is 10.3. The first-order valence-corrected chi connectivity index (χ1v) is 15.2. The van der Waals surface area contributed by atoms with Crippen molar-refractivity contribution in [2.75, 3.05) is 38.5 Å². The highest BCUT2D eigenvalue weighted by Gasteiger charge is 2.30. The fourth-order valence-corrected chi connectivity index (χ4v) is 6.92. The first kappa shape index (κ1) is 25.7. The van der Waals surface area contributed by atoms with Gasteiger partial charge in [-0.15, -0.1) is 0 Å². The van der Waals surface area contributed by atoms with Crippen LogP contribution in [0.3, 0.4) is 0 Å². The summed E-state index contributed by atoms with van der Waals surface area (Å²) in [5.74, 6) is 1.01. The molecule has 12 heteroatoms. The normalized spacial score (nSPS) is 18.3. The maximum Gasteiger partial charge on any atom is 0.269 e. The maximum atomic E-state index is 13.9. The molecular weight excluding hydrogens is 540 g/mol. The Bertz CT molecular complexity index is 1860. The second-order valence-electron chi connectivity index (χ2n) is 10.8. The van der Waals surface area contributed by atoms with E-state index >= 15 is 0 Å². The van der Waals surface area contributed by atoms with Crippen LogP contribution in [0.5, 0.6) is 0 Å². The number of piperazine rings is 1. The third-order valence-electron chi connectivity index (χ3n) is 8.11. The van der Waals surface area contributed by atoms with E-state index in [-0.39, 0.29) is 10.9 Å². The van der Waals surface area contributed by atoms with Gasteiger partial charge in [-0.05, 0) is 44.0 Å². The standard InChI is InChI=1S/C29H30N8O3S/c1-34-12-13-35(19-38)18-26(34)24-16-32-36-11-5-8-22(27(24)36)25-17-37(41(39,40)21-6-3-2-4-7-21)28-23(25)15-31-29(33-28)30-14-20-9-10-20/h2-8,11,15-17,19-20,26H,9-10,12-14,18H2,1H3,(H,30,31,33). The first-order valence-electron chi connectivity index (χ1n) is 13.7. The lowest BCUT2D eigenvalue weighted by molar-refractivity contribution is -0.120. The highest BCUT2D eigenvalue weighted by atomic mass is 32.2. The van der Waals surface area contributed by atoms with E-state index in [1.165, 1.54) is 16.8 Å². The van der Waals surface area contributed by atoms with Crippen LogP contribution in [-0.4, -0.2) is 81.4 Å². The molecule has 41 heavy (non-hydrogen) atoms. The number of nitrogens with zero attached hydrogens (tertiary/aromatic N) is 7. The molecule has 1 aromatic carbocycles. The van der Waals surface area contributed by atoms with E-state index in [1.807, 2.05) is 31.6 Å². The van der Waals surface area contributed by atoms with Gasteiger partial charge in [0.1, 0.15) is 0 Å². The minimum absolute atomic E-state index is 0.0662. The van der Waals surface area contributed by atoms with Crippen molar-refractivity contribution in [3.8, 4) is 11.1 Å². The summed E-state index contributed by atoms with van der Waals surface area (Å²) in [7, 11) is -1.91. The Morgan fingerprint density at radius 2 is 1.88 bits per heavy atom. The van der Waals surface area contributed by atoms with E-state index in [0.29, 0.717) is 41.6 Å². The number of benzene rings is 1. The van der Waals surface area contributed by atoms with Crippen LogP contribution in [0, 0.1) is 5.92 Å². The van der Waals surface area contributed by atoms with Crippen LogP contribution >= 0.6 is 0 Å². The highest BCUT2D eigenvalue weighted by molar-refractivity contribution is 7.90. The van der Waals surface area contributed by atoms with E-state index in [4.69, 9.17) is 4.98 Å². The zero-order valence-electron chi connectivity index (χ0n) is 22.6. The third-order valence-corrected chi connectivity index (χ3v) is 9.77. The molecule has 1 atom stereocenters. The van der Waals surface area contributed by atoms with Crippen LogP contribution in [0.15, 0.2) is 72.1 Å². The Labute approximate surface area is 237 Å². The lowest BCUT2D eigenvalue weighted by Gasteiger charge is -2.37. The summed E-state index contributed by atoms with van der Waals surface area (Å²) in [5, 5.41) is 8.52. The summed E-state index contributed by atoms with van der Waals surface area (Å²) >= 11 is 0. The summed E-state index contributed by atoms with van der Waals surface area (Å²) in [6, 6.07) is 12.2. The third kappa shape index (κ3) is 4.52. The van der Waals surface area contributed by atoms with Crippen LogP contribution in [0.1, 0.15) is 24.4 Å². The molecule has 5 aromatic rings. The van der Waals surface area contributed by atoms with Crippen LogP contribution in [-0.2, 0) is 14.8 Å². The van der Waals surface area contributed by atoms with Crippen LogP contribution in [0.4, 0.5) is 5.95 Å². The van der Waals surface area contributed by atoms with Gasteiger partial charge >= 0.3 is 0 Å². The molecule has 0 spiro atoms. The molecule has 1 saturated heterocycles. The molecular formula is C29H30N8O3S. The van der Waals surface area contributed by atoms with Gasteiger partial charge in [-0.2, -0.15) is 10.1 Å². The number of carbonyl (C=O) groups is 1. The zero-order valence-corrected chi connectivity index (χ0v) is 23.4. The quantitative estimate of drug-likeness (QED) is 0.283. The number of aromatic nitrogens is 5. The van der Waals surface area contributed by atoms with Gasteiger partial charge in [-0.25, -0.2) is 21.9 Å². The Morgan fingerprint density at radius 3 is 2.66 bits per heavy atom. The number of fused-ring (bicyclic) bond motifs is 2. The molecule has 7 rings (SSSR count). The Morgan fingerprint density at radius 1 is 1.05 bits per heavy atom. The largest absolute Gasteiger partial charge is 0.354 e. The zero-order chi connectivity index (χ0) is 28.1. The van der Waals surface area contributed by atoms with Crippen molar-refractivity contribution in [3.05, 3.63) is 72.8 Å². The van der Waals surface area contributed by atoms with Crippen molar-refractivity contribution >= 4 is 38.9 Å².